The Bertz CT molecular complexity index is 1110. The number of rotatable bonds is 7. The van der Waals surface area contributed by atoms with Crippen LogP contribution in [0, 0.1) is 0 Å². The van der Waals surface area contributed by atoms with Crippen LogP contribution < -0.4 is 5.32 Å². The Morgan fingerprint density at radius 2 is 1.13 bits per heavy atom. The number of benzene rings is 4. The molecule has 0 unspecified atom stereocenters. The van der Waals surface area contributed by atoms with Gasteiger partial charge in [0, 0.05) is 11.8 Å². The molecule has 0 bridgehead atoms. The summed E-state index contributed by atoms with van der Waals surface area (Å²) in [5, 5.41) is 3.23. The van der Waals surface area contributed by atoms with Crippen molar-refractivity contribution in [2.45, 2.75) is 12.1 Å². The van der Waals surface area contributed by atoms with Gasteiger partial charge in [0.05, 0.1) is 12.1 Å². The molecular weight excluding hydrogens is 380 g/mol. The number of aliphatic imine (C=N–C) groups is 1. The molecule has 1 amide bonds. The first-order chi connectivity index (χ1) is 15.3. The number of nitrogens with zero attached hydrogens (tertiary/aromatic N) is 1. The van der Waals surface area contributed by atoms with E-state index < -0.39 is 0 Å². The number of carbonyl (C=O) groups excluding carboxylic acids is 1. The smallest absolute Gasteiger partial charge is 0.251 e. The van der Waals surface area contributed by atoms with Crippen LogP contribution in [0.25, 0.3) is 0 Å². The van der Waals surface area contributed by atoms with Crippen LogP contribution in [-0.2, 0) is 0 Å². The second-order valence-corrected chi connectivity index (χ2v) is 7.27. The molecule has 0 aliphatic heterocycles. The molecular formula is C28H24N2O. The third-order valence-corrected chi connectivity index (χ3v) is 5.12. The van der Waals surface area contributed by atoms with Crippen molar-refractivity contribution < 1.29 is 4.79 Å². The zero-order valence-electron chi connectivity index (χ0n) is 17.1. The average Bonchev–Trinajstić information content (AvgIpc) is 2.86. The number of carbonyl (C=O) groups is 1. The van der Waals surface area contributed by atoms with Crippen LogP contribution in [0.5, 0.6) is 0 Å². The standard InChI is InChI=1S/C28H24N2O/c31-28(25-19-11-4-12-20-25)30-27(24-17-9-3-10-18-24)26(23-15-7-2-8-16-23)29-21-22-13-5-1-6-14-22/h1-21,26-27H,(H,30,31)/t26-,27-/m0/s1. The summed E-state index contributed by atoms with van der Waals surface area (Å²) in [7, 11) is 0. The molecule has 0 radical (unpaired) electrons. The first kappa shape index (κ1) is 20.3. The molecule has 3 heteroatoms. The van der Waals surface area contributed by atoms with Gasteiger partial charge in [0.25, 0.3) is 5.91 Å². The van der Waals surface area contributed by atoms with Gasteiger partial charge in [-0.25, -0.2) is 0 Å². The number of hydrogen-bond donors (Lipinski definition) is 1. The molecule has 0 spiro atoms. The third kappa shape index (κ3) is 5.34. The Kier molecular flexibility index (Phi) is 6.66. The molecule has 4 aromatic rings. The number of nitrogens with one attached hydrogen (secondary N) is 1. The molecule has 0 aliphatic rings. The highest BCUT2D eigenvalue weighted by Crippen LogP contribution is 2.32. The summed E-state index contributed by atoms with van der Waals surface area (Å²) in [6.45, 7) is 0. The van der Waals surface area contributed by atoms with E-state index in [1.54, 1.807) is 0 Å². The molecule has 152 valence electrons. The lowest BCUT2D eigenvalue weighted by molar-refractivity contribution is 0.0930. The van der Waals surface area contributed by atoms with Gasteiger partial charge in [0.2, 0.25) is 0 Å². The molecule has 0 saturated heterocycles. The van der Waals surface area contributed by atoms with E-state index in [1.807, 2.05) is 115 Å². The fraction of sp³-hybridized carbons (Fsp3) is 0.0714. The number of amides is 1. The highest BCUT2D eigenvalue weighted by Gasteiger charge is 2.26. The Morgan fingerprint density at radius 1 is 0.645 bits per heavy atom. The molecule has 31 heavy (non-hydrogen) atoms. The van der Waals surface area contributed by atoms with Crippen LogP contribution >= 0.6 is 0 Å². The van der Waals surface area contributed by atoms with Crippen LogP contribution in [0.4, 0.5) is 0 Å². The highest BCUT2D eigenvalue weighted by atomic mass is 16.1. The van der Waals surface area contributed by atoms with Crippen molar-refractivity contribution in [3.05, 3.63) is 144 Å². The van der Waals surface area contributed by atoms with Gasteiger partial charge in [-0.15, -0.1) is 0 Å². The van der Waals surface area contributed by atoms with Gasteiger partial charge in [0.1, 0.15) is 0 Å². The van der Waals surface area contributed by atoms with Gasteiger partial charge in [-0.05, 0) is 28.8 Å². The minimum atomic E-state index is -0.323. The van der Waals surface area contributed by atoms with E-state index in [2.05, 4.69) is 17.4 Å². The Morgan fingerprint density at radius 3 is 1.71 bits per heavy atom. The lowest BCUT2D eigenvalue weighted by Crippen LogP contribution is -2.32. The van der Waals surface area contributed by atoms with Crippen LogP contribution in [0.15, 0.2) is 126 Å². The summed E-state index contributed by atoms with van der Waals surface area (Å²) in [5.41, 5.74) is 3.69. The van der Waals surface area contributed by atoms with Gasteiger partial charge in [-0.3, -0.25) is 9.79 Å². The maximum Gasteiger partial charge on any atom is 0.251 e. The van der Waals surface area contributed by atoms with Crippen molar-refractivity contribution in [1.29, 1.82) is 0 Å². The summed E-state index contributed by atoms with van der Waals surface area (Å²) in [6, 6.07) is 38.8. The molecule has 0 saturated carbocycles. The first-order valence-corrected chi connectivity index (χ1v) is 10.4. The lowest BCUT2D eigenvalue weighted by atomic mass is 9.93. The second-order valence-electron chi connectivity index (χ2n) is 7.27. The van der Waals surface area contributed by atoms with Gasteiger partial charge in [-0.1, -0.05) is 109 Å². The molecule has 3 nitrogen and oxygen atoms in total. The number of hydrogen-bond acceptors (Lipinski definition) is 2. The predicted molar refractivity (Wildman–Crippen MR) is 126 cm³/mol. The summed E-state index contributed by atoms with van der Waals surface area (Å²) in [6.07, 6.45) is 1.88. The van der Waals surface area contributed by atoms with E-state index in [4.69, 9.17) is 4.99 Å². The molecule has 1 N–H and O–H groups in total. The van der Waals surface area contributed by atoms with Gasteiger partial charge in [-0.2, -0.15) is 0 Å². The predicted octanol–water partition coefficient (Wildman–Crippen LogP) is 6.02. The second kappa shape index (κ2) is 10.2. The van der Waals surface area contributed by atoms with Crippen molar-refractivity contribution >= 4 is 12.1 Å². The van der Waals surface area contributed by atoms with E-state index in [9.17, 15) is 4.79 Å². The Balaban J connectivity index is 1.74. The average molecular weight is 405 g/mol. The van der Waals surface area contributed by atoms with Crippen molar-refractivity contribution in [2.75, 3.05) is 0 Å². The molecule has 0 aromatic heterocycles. The van der Waals surface area contributed by atoms with Crippen molar-refractivity contribution in [3.8, 4) is 0 Å². The van der Waals surface area contributed by atoms with Crippen LogP contribution in [-0.4, -0.2) is 12.1 Å². The van der Waals surface area contributed by atoms with E-state index in [1.165, 1.54) is 0 Å². The SMILES string of the molecule is O=C(N[C@@H](c1ccccc1)[C@@H](N=Cc1ccccc1)c1ccccc1)c1ccccc1. The van der Waals surface area contributed by atoms with Crippen molar-refractivity contribution in [1.82, 2.24) is 5.32 Å². The van der Waals surface area contributed by atoms with E-state index >= 15 is 0 Å². The zero-order valence-corrected chi connectivity index (χ0v) is 17.1. The first-order valence-electron chi connectivity index (χ1n) is 10.4. The van der Waals surface area contributed by atoms with Crippen LogP contribution in [0.2, 0.25) is 0 Å². The molecule has 0 heterocycles. The zero-order chi connectivity index (χ0) is 21.3. The van der Waals surface area contributed by atoms with Gasteiger partial charge in [0.15, 0.2) is 0 Å². The molecule has 0 aliphatic carbocycles. The minimum absolute atomic E-state index is 0.120. The fourth-order valence-electron chi connectivity index (χ4n) is 3.54. The van der Waals surface area contributed by atoms with Crippen molar-refractivity contribution in [3.63, 3.8) is 0 Å². The maximum absolute atomic E-state index is 13.1. The summed E-state index contributed by atoms with van der Waals surface area (Å²) in [5.74, 6) is -0.120. The fourth-order valence-corrected chi connectivity index (χ4v) is 3.54. The molecule has 4 aromatic carbocycles. The van der Waals surface area contributed by atoms with E-state index in [0.717, 1.165) is 16.7 Å². The largest absolute Gasteiger partial charge is 0.343 e. The lowest BCUT2D eigenvalue weighted by Gasteiger charge is -2.26. The quantitative estimate of drug-likeness (QED) is 0.376. The monoisotopic (exact) mass is 404 g/mol. The van der Waals surface area contributed by atoms with Crippen LogP contribution in [0.1, 0.15) is 39.1 Å². The summed E-state index contributed by atoms with van der Waals surface area (Å²) >= 11 is 0. The third-order valence-electron chi connectivity index (χ3n) is 5.12. The van der Waals surface area contributed by atoms with Gasteiger partial charge >= 0.3 is 0 Å². The highest BCUT2D eigenvalue weighted by molar-refractivity contribution is 5.94. The van der Waals surface area contributed by atoms with Crippen LogP contribution in [0.3, 0.4) is 0 Å². The van der Waals surface area contributed by atoms with E-state index in [0.29, 0.717) is 5.56 Å². The summed E-state index contributed by atoms with van der Waals surface area (Å²) in [4.78, 5) is 18.0. The normalized spacial score (nSPS) is 12.9. The van der Waals surface area contributed by atoms with Crippen molar-refractivity contribution in [2.24, 2.45) is 4.99 Å². The summed E-state index contributed by atoms with van der Waals surface area (Å²) < 4.78 is 0. The van der Waals surface area contributed by atoms with E-state index in [-0.39, 0.29) is 18.0 Å². The maximum atomic E-state index is 13.1. The minimum Gasteiger partial charge on any atom is -0.343 e. The Labute approximate surface area is 183 Å². The Hall–Kier alpha value is -3.98. The topological polar surface area (TPSA) is 41.5 Å². The molecule has 0 fully saturated rings. The van der Waals surface area contributed by atoms with Gasteiger partial charge < -0.3 is 5.32 Å². The molecule has 2 atom stereocenters. The molecule has 4 rings (SSSR count).